The molecule has 0 unspecified atom stereocenters. The third kappa shape index (κ3) is 3.76. The zero-order chi connectivity index (χ0) is 17.9. The average molecular weight is 366 g/mol. The van der Waals surface area contributed by atoms with Crippen molar-refractivity contribution in [1.29, 1.82) is 0 Å². The number of carbonyl (C=O) groups is 1. The van der Waals surface area contributed by atoms with Gasteiger partial charge >= 0.3 is 0 Å². The van der Waals surface area contributed by atoms with Gasteiger partial charge in [0.1, 0.15) is 5.65 Å². The first-order valence-corrected chi connectivity index (χ1v) is 9.81. The number of piperazine rings is 1. The van der Waals surface area contributed by atoms with Crippen molar-refractivity contribution < 1.29 is 4.79 Å². The van der Waals surface area contributed by atoms with Gasteiger partial charge in [-0.3, -0.25) is 4.79 Å². The Morgan fingerprint density at radius 2 is 1.85 bits per heavy atom. The van der Waals surface area contributed by atoms with Crippen molar-refractivity contribution in [3.63, 3.8) is 0 Å². The van der Waals surface area contributed by atoms with E-state index in [1.165, 1.54) is 0 Å². The number of fused-ring (bicyclic) bond motifs is 1. The molecule has 1 aromatic carbocycles. The molecule has 0 N–H and O–H groups in total. The Morgan fingerprint density at radius 3 is 2.58 bits per heavy atom. The second kappa shape index (κ2) is 7.51. The van der Waals surface area contributed by atoms with Gasteiger partial charge in [-0.05, 0) is 43.4 Å². The van der Waals surface area contributed by atoms with Crippen molar-refractivity contribution in [2.45, 2.75) is 10.6 Å². The van der Waals surface area contributed by atoms with E-state index in [-0.39, 0.29) is 5.91 Å². The molecule has 0 spiro atoms. The molecule has 0 bridgehead atoms. The molecule has 1 aliphatic heterocycles. The van der Waals surface area contributed by atoms with Crippen LogP contribution in [0.2, 0.25) is 0 Å². The smallest absolute Gasteiger partial charge is 0.253 e. The fourth-order valence-corrected chi connectivity index (χ4v) is 3.88. The summed E-state index contributed by atoms with van der Waals surface area (Å²) >= 11 is 1.74. The standard InChI is InChI=1S/C20H22N4OS/c1-22-10-12-23(13-11-22)20(25)16-5-7-18(8-6-16)26-15-17-14-24-9-3-2-4-19(24)21-17/h2-9,14H,10-13,15H2,1H3. The van der Waals surface area contributed by atoms with Gasteiger partial charge in [-0.1, -0.05) is 6.07 Å². The fraction of sp³-hybridized carbons (Fsp3) is 0.300. The number of benzene rings is 1. The Hall–Kier alpha value is -2.31. The summed E-state index contributed by atoms with van der Waals surface area (Å²) in [6, 6.07) is 13.9. The number of imidazole rings is 1. The van der Waals surface area contributed by atoms with Gasteiger partial charge in [0.25, 0.3) is 5.91 Å². The van der Waals surface area contributed by atoms with Gasteiger partial charge in [0.15, 0.2) is 0 Å². The van der Waals surface area contributed by atoms with Crippen molar-refractivity contribution >= 4 is 23.3 Å². The predicted octanol–water partition coefficient (Wildman–Crippen LogP) is 3.01. The van der Waals surface area contributed by atoms with Crippen LogP contribution in [0.15, 0.2) is 59.8 Å². The topological polar surface area (TPSA) is 40.9 Å². The summed E-state index contributed by atoms with van der Waals surface area (Å²) in [5.74, 6) is 0.947. The molecule has 3 aromatic rings. The predicted molar refractivity (Wildman–Crippen MR) is 105 cm³/mol. The summed E-state index contributed by atoms with van der Waals surface area (Å²) in [5.41, 5.74) is 2.79. The minimum Gasteiger partial charge on any atom is -0.336 e. The Labute approximate surface area is 157 Å². The van der Waals surface area contributed by atoms with Crippen LogP contribution in [0.5, 0.6) is 0 Å². The first kappa shape index (κ1) is 17.1. The third-order valence-corrected chi connectivity index (χ3v) is 5.74. The quantitative estimate of drug-likeness (QED) is 0.666. The minimum atomic E-state index is 0.134. The van der Waals surface area contributed by atoms with Crippen LogP contribution in [-0.4, -0.2) is 58.3 Å². The van der Waals surface area contributed by atoms with E-state index in [2.05, 4.69) is 23.1 Å². The molecule has 0 aliphatic carbocycles. The van der Waals surface area contributed by atoms with Crippen molar-refractivity contribution in [2.75, 3.05) is 33.2 Å². The first-order chi connectivity index (χ1) is 12.7. The summed E-state index contributed by atoms with van der Waals surface area (Å²) in [6.07, 6.45) is 4.07. The van der Waals surface area contributed by atoms with E-state index in [4.69, 9.17) is 0 Å². The van der Waals surface area contributed by atoms with Crippen molar-refractivity contribution in [2.24, 2.45) is 0 Å². The highest BCUT2D eigenvalue weighted by atomic mass is 32.2. The van der Waals surface area contributed by atoms with E-state index in [1.807, 2.05) is 58.0 Å². The first-order valence-electron chi connectivity index (χ1n) is 8.82. The SMILES string of the molecule is CN1CCN(C(=O)c2ccc(SCc3cn4ccccc4n3)cc2)CC1. The van der Waals surface area contributed by atoms with E-state index >= 15 is 0 Å². The Bertz CT molecular complexity index is 865. The third-order valence-electron chi connectivity index (χ3n) is 4.69. The van der Waals surface area contributed by atoms with E-state index in [0.29, 0.717) is 0 Å². The monoisotopic (exact) mass is 366 g/mol. The molecule has 1 amide bonds. The number of rotatable bonds is 4. The summed E-state index contributed by atoms with van der Waals surface area (Å²) in [7, 11) is 2.09. The molecule has 1 saturated heterocycles. The Kier molecular flexibility index (Phi) is 4.95. The van der Waals surface area contributed by atoms with Gasteiger partial charge in [-0.25, -0.2) is 4.98 Å². The van der Waals surface area contributed by atoms with Gasteiger partial charge in [-0.15, -0.1) is 11.8 Å². The van der Waals surface area contributed by atoms with Crippen LogP contribution in [0.1, 0.15) is 16.1 Å². The maximum Gasteiger partial charge on any atom is 0.253 e. The summed E-state index contributed by atoms with van der Waals surface area (Å²) in [5, 5.41) is 0. The molecule has 0 atom stereocenters. The van der Waals surface area contributed by atoms with Crippen LogP contribution in [-0.2, 0) is 5.75 Å². The highest BCUT2D eigenvalue weighted by Crippen LogP contribution is 2.23. The second-order valence-electron chi connectivity index (χ2n) is 6.61. The molecule has 2 aromatic heterocycles. The Balaban J connectivity index is 1.37. The van der Waals surface area contributed by atoms with Crippen LogP contribution >= 0.6 is 11.8 Å². The van der Waals surface area contributed by atoms with Crippen LogP contribution in [0, 0.1) is 0 Å². The van der Waals surface area contributed by atoms with Crippen LogP contribution in [0.4, 0.5) is 0 Å². The molecule has 3 heterocycles. The highest BCUT2D eigenvalue weighted by Gasteiger charge is 2.20. The van der Waals surface area contributed by atoms with E-state index in [0.717, 1.165) is 53.7 Å². The van der Waals surface area contributed by atoms with Crippen LogP contribution in [0.3, 0.4) is 0 Å². The number of likely N-dealkylation sites (N-methyl/N-ethyl adjacent to an activating group) is 1. The normalized spacial score (nSPS) is 15.5. The number of nitrogens with zero attached hydrogens (tertiary/aromatic N) is 4. The molecule has 4 rings (SSSR count). The molecule has 1 fully saturated rings. The van der Waals surface area contributed by atoms with Gasteiger partial charge in [0, 0.05) is 54.8 Å². The van der Waals surface area contributed by atoms with Crippen molar-refractivity contribution in [1.82, 2.24) is 19.2 Å². The van der Waals surface area contributed by atoms with Crippen molar-refractivity contribution in [3.8, 4) is 0 Å². The lowest BCUT2D eigenvalue weighted by atomic mass is 10.2. The minimum absolute atomic E-state index is 0.134. The largest absolute Gasteiger partial charge is 0.336 e. The fourth-order valence-electron chi connectivity index (χ4n) is 3.10. The highest BCUT2D eigenvalue weighted by molar-refractivity contribution is 7.98. The van der Waals surface area contributed by atoms with Gasteiger partial charge < -0.3 is 14.2 Å². The molecular weight excluding hydrogens is 344 g/mol. The molecule has 134 valence electrons. The lowest BCUT2D eigenvalue weighted by molar-refractivity contribution is 0.0664. The van der Waals surface area contributed by atoms with Crippen LogP contribution in [0.25, 0.3) is 5.65 Å². The number of hydrogen-bond donors (Lipinski definition) is 0. The Morgan fingerprint density at radius 1 is 1.08 bits per heavy atom. The summed E-state index contributed by atoms with van der Waals surface area (Å²) in [4.78, 5) is 22.5. The van der Waals surface area contributed by atoms with Gasteiger partial charge in [0.05, 0.1) is 5.69 Å². The zero-order valence-corrected chi connectivity index (χ0v) is 15.7. The molecule has 26 heavy (non-hydrogen) atoms. The molecular formula is C20H22N4OS. The van der Waals surface area contributed by atoms with Crippen LogP contribution < -0.4 is 0 Å². The summed E-state index contributed by atoms with van der Waals surface area (Å²) in [6.45, 7) is 3.50. The van der Waals surface area contributed by atoms with E-state index in [9.17, 15) is 4.79 Å². The number of thioether (sulfide) groups is 1. The molecule has 0 radical (unpaired) electrons. The van der Waals surface area contributed by atoms with Crippen molar-refractivity contribution in [3.05, 3.63) is 66.1 Å². The van der Waals surface area contributed by atoms with Gasteiger partial charge in [0.2, 0.25) is 0 Å². The number of carbonyl (C=O) groups excluding carboxylic acids is 1. The number of hydrogen-bond acceptors (Lipinski definition) is 4. The number of amides is 1. The van der Waals surface area contributed by atoms with Gasteiger partial charge in [-0.2, -0.15) is 0 Å². The maximum absolute atomic E-state index is 12.6. The number of pyridine rings is 1. The summed E-state index contributed by atoms with van der Waals surface area (Å²) < 4.78 is 2.04. The lowest BCUT2D eigenvalue weighted by Gasteiger charge is -2.32. The van der Waals surface area contributed by atoms with E-state index < -0.39 is 0 Å². The second-order valence-corrected chi connectivity index (χ2v) is 7.66. The average Bonchev–Trinajstić information content (AvgIpc) is 3.10. The zero-order valence-electron chi connectivity index (χ0n) is 14.8. The molecule has 1 aliphatic rings. The van der Waals surface area contributed by atoms with E-state index in [1.54, 1.807) is 11.8 Å². The molecule has 5 nitrogen and oxygen atoms in total. The maximum atomic E-state index is 12.6. The molecule has 6 heteroatoms. The molecule has 0 saturated carbocycles. The lowest BCUT2D eigenvalue weighted by Crippen LogP contribution is -2.47. The number of aromatic nitrogens is 2.